The first kappa shape index (κ1) is 22.1. The van der Waals surface area contributed by atoms with Gasteiger partial charge in [0.1, 0.15) is 16.9 Å². The Balaban J connectivity index is 1.48. The lowest BCUT2D eigenvalue weighted by Crippen LogP contribution is -2.37. The number of amides is 2. The molecule has 1 heterocycles. The second-order valence-electron chi connectivity index (χ2n) is 8.84. The summed E-state index contributed by atoms with van der Waals surface area (Å²) in [5.74, 6) is 0.343. The van der Waals surface area contributed by atoms with E-state index >= 15 is 0 Å². The minimum Gasteiger partial charge on any atom is -0.497 e. The SMILES string of the molecule is COc1ccc(CNC(=O)c2cn(C3CC3)cc(C(=O)NCC3CCCCC3)c2=O)cc1. The smallest absolute Gasteiger partial charge is 0.257 e. The maximum atomic E-state index is 13.0. The lowest BCUT2D eigenvalue weighted by atomic mass is 9.89. The van der Waals surface area contributed by atoms with Gasteiger partial charge in [0.2, 0.25) is 5.43 Å². The van der Waals surface area contributed by atoms with Crippen LogP contribution in [0.1, 0.15) is 77.3 Å². The van der Waals surface area contributed by atoms with E-state index in [0.29, 0.717) is 12.5 Å². The molecule has 2 N–H and O–H groups in total. The first-order valence-corrected chi connectivity index (χ1v) is 11.5. The van der Waals surface area contributed by atoms with Crippen LogP contribution in [0.25, 0.3) is 0 Å². The molecule has 0 saturated heterocycles. The van der Waals surface area contributed by atoms with Crippen LogP contribution in [-0.2, 0) is 6.54 Å². The van der Waals surface area contributed by atoms with Crippen molar-refractivity contribution in [1.82, 2.24) is 15.2 Å². The van der Waals surface area contributed by atoms with E-state index in [1.54, 1.807) is 19.5 Å². The van der Waals surface area contributed by atoms with Crippen LogP contribution in [0.15, 0.2) is 41.5 Å². The second kappa shape index (κ2) is 10.0. The van der Waals surface area contributed by atoms with Crippen molar-refractivity contribution in [3.63, 3.8) is 0 Å². The summed E-state index contributed by atoms with van der Waals surface area (Å²) >= 11 is 0. The Kier molecular flexibility index (Phi) is 6.93. The number of nitrogens with zero attached hydrogens (tertiary/aromatic N) is 1. The van der Waals surface area contributed by atoms with Gasteiger partial charge in [0.25, 0.3) is 11.8 Å². The first-order valence-electron chi connectivity index (χ1n) is 11.5. The summed E-state index contributed by atoms with van der Waals surface area (Å²) in [6.07, 6.45) is 11.0. The summed E-state index contributed by atoms with van der Waals surface area (Å²) in [6.45, 7) is 0.861. The second-order valence-corrected chi connectivity index (χ2v) is 8.84. The maximum absolute atomic E-state index is 13.0. The Hall–Kier alpha value is -3.09. The average Bonchev–Trinajstić information content (AvgIpc) is 3.68. The Bertz CT molecular complexity index is 1020. The van der Waals surface area contributed by atoms with Gasteiger partial charge in [-0.25, -0.2) is 0 Å². The van der Waals surface area contributed by atoms with Crippen molar-refractivity contribution in [1.29, 1.82) is 0 Å². The Morgan fingerprint density at radius 2 is 1.56 bits per heavy atom. The van der Waals surface area contributed by atoms with Gasteiger partial charge in [-0.15, -0.1) is 0 Å². The van der Waals surface area contributed by atoms with Gasteiger partial charge in [-0.3, -0.25) is 14.4 Å². The van der Waals surface area contributed by atoms with Crippen molar-refractivity contribution in [3.8, 4) is 5.75 Å². The quantitative estimate of drug-likeness (QED) is 0.662. The molecule has 1 aromatic heterocycles. The van der Waals surface area contributed by atoms with Crippen molar-refractivity contribution in [2.45, 2.75) is 57.5 Å². The molecule has 2 saturated carbocycles. The van der Waals surface area contributed by atoms with E-state index in [1.807, 2.05) is 28.8 Å². The van der Waals surface area contributed by atoms with Gasteiger partial charge in [0.05, 0.1) is 7.11 Å². The summed E-state index contributed by atoms with van der Waals surface area (Å²) in [7, 11) is 1.60. The maximum Gasteiger partial charge on any atom is 0.257 e. The number of pyridine rings is 1. The van der Waals surface area contributed by atoms with Gasteiger partial charge in [0.15, 0.2) is 0 Å². The molecule has 0 unspecified atom stereocenters. The van der Waals surface area contributed by atoms with E-state index in [4.69, 9.17) is 4.74 Å². The highest BCUT2D eigenvalue weighted by Gasteiger charge is 2.27. The van der Waals surface area contributed by atoms with Crippen LogP contribution in [0.4, 0.5) is 0 Å². The number of ether oxygens (including phenoxy) is 1. The highest BCUT2D eigenvalue weighted by atomic mass is 16.5. The number of aromatic nitrogens is 1. The molecule has 4 rings (SSSR count). The molecule has 0 aliphatic heterocycles. The van der Waals surface area contributed by atoms with Crippen LogP contribution in [0.5, 0.6) is 5.75 Å². The van der Waals surface area contributed by atoms with E-state index < -0.39 is 11.3 Å². The number of hydrogen-bond acceptors (Lipinski definition) is 4. The predicted octanol–water partition coefficient (Wildman–Crippen LogP) is 3.43. The molecule has 0 radical (unpaired) electrons. The summed E-state index contributed by atoms with van der Waals surface area (Å²) in [4.78, 5) is 38.7. The number of carbonyl (C=O) groups excluding carboxylic acids is 2. The van der Waals surface area contributed by atoms with E-state index in [1.165, 1.54) is 19.3 Å². The number of methoxy groups -OCH3 is 1. The molecule has 0 spiro atoms. The van der Waals surface area contributed by atoms with Gasteiger partial charge < -0.3 is 19.9 Å². The molecule has 2 aromatic rings. The summed E-state index contributed by atoms with van der Waals surface area (Å²) < 4.78 is 6.99. The number of carbonyl (C=O) groups is 2. The number of rotatable bonds is 8. The van der Waals surface area contributed by atoms with Crippen LogP contribution in [0, 0.1) is 5.92 Å². The van der Waals surface area contributed by atoms with Gasteiger partial charge in [-0.1, -0.05) is 31.4 Å². The van der Waals surface area contributed by atoms with E-state index in [0.717, 1.165) is 37.0 Å². The molecule has 2 aliphatic carbocycles. The zero-order valence-electron chi connectivity index (χ0n) is 18.6. The fourth-order valence-electron chi connectivity index (χ4n) is 4.25. The molecule has 7 nitrogen and oxygen atoms in total. The fourth-order valence-corrected chi connectivity index (χ4v) is 4.25. The van der Waals surface area contributed by atoms with Crippen LogP contribution < -0.4 is 20.8 Å². The van der Waals surface area contributed by atoms with Crippen LogP contribution in [0.3, 0.4) is 0 Å². The van der Waals surface area contributed by atoms with Crippen LogP contribution in [0.2, 0.25) is 0 Å². The third kappa shape index (κ3) is 5.39. The summed E-state index contributed by atoms with van der Waals surface area (Å²) in [5.41, 5.74) is 0.429. The molecule has 0 bridgehead atoms. The minimum atomic E-state index is -0.518. The first-order chi connectivity index (χ1) is 15.5. The normalized spacial score (nSPS) is 16.4. The van der Waals surface area contributed by atoms with Crippen molar-refractivity contribution in [2.24, 2.45) is 5.92 Å². The fraction of sp³-hybridized carbons (Fsp3) is 0.480. The molecule has 2 aliphatic rings. The number of nitrogens with one attached hydrogen (secondary N) is 2. The van der Waals surface area contributed by atoms with Gasteiger partial charge >= 0.3 is 0 Å². The molecule has 7 heteroatoms. The average molecular weight is 438 g/mol. The van der Waals surface area contributed by atoms with Crippen LogP contribution >= 0.6 is 0 Å². The molecular formula is C25H31N3O4. The summed E-state index contributed by atoms with van der Waals surface area (Å²) in [5, 5.41) is 5.74. The molecule has 0 atom stereocenters. The monoisotopic (exact) mass is 437 g/mol. The van der Waals surface area contributed by atoms with Crippen molar-refractivity contribution >= 4 is 11.8 Å². The van der Waals surface area contributed by atoms with E-state index in [2.05, 4.69) is 10.6 Å². The zero-order valence-corrected chi connectivity index (χ0v) is 18.6. The third-order valence-corrected chi connectivity index (χ3v) is 6.39. The predicted molar refractivity (Wildman–Crippen MR) is 122 cm³/mol. The lowest BCUT2D eigenvalue weighted by molar-refractivity contribution is 0.0941. The zero-order chi connectivity index (χ0) is 22.5. The third-order valence-electron chi connectivity index (χ3n) is 6.39. The van der Waals surface area contributed by atoms with Crippen molar-refractivity contribution in [2.75, 3.05) is 13.7 Å². The Labute approximate surface area is 188 Å². The van der Waals surface area contributed by atoms with Gasteiger partial charge in [0, 0.05) is 31.5 Å². The number of benzene rings is 1. The highest BCUT2D eigenvalue weighted by Crippen LogP contribution is 2.34. The molecule has 2 amide bonds. The molecule has 1 aromatic carbocycles. The van der Waals surface area contributed by atoms with Gasteiger partial charge in [-0.2, -0.15) is 0 Å². The van der Waals surface area contributed by atoms with E-state index in [-0.39, 0.29) is 29.6 Å². The van der Waals surface area contributed by atoms with Crippen molar-refractivity contribution < 1.29 is 14.3 Å². The standard InChI is InChI=1S/C25H31N3O4/c1-32-20-11-7-18(8-12-20)14-27-25(31)22-16-28(19-9-10-19)15-21(23(22)29)24(30)26-13-17-5-3-2-4-6-17/h7-8,11-12,15-17,19H,2-6,9-10,13-14H2,1H3,(H,26,30)(H,27,31). The minimum absolute atomic E-state index is 0.00993. The molecule has 2 fully saturated rings. The Morgan fingerprint density at radius 1 is 0.938 bits per heavy atom. The number of hydrogen-bond donors (Lipinski definition) is 2. The van der Waals surface area contributed by atoms with Gasteiger partial charge in [-0.05, 0) is 49.3 Å². The van der Waals surface area contributed by atoms with Crippen molar-refractivity contribution in [3.05, 3.63) is 63.6 Å². The van der Waals surface area contributed by atoms with E-state index in [9.17, 15) is 14.4 Å². The highest BCUT2D eigenvalue weighted by molar-refractivity contribution is 5.99. The molecule has 32 heavy (non-hydrogen) atoms. The molecule has 170 valence electrons. The lowest BCUT2D eigenvalue weighted by Gasteiger charge is -2.21. The van der Waals surface area contributed by atoms with Crippen LogP contribution in [-0.4, -0.2) is 30.0 Å². The summed E-state index contributed by atoms with van der Waals surface area (Å²) in [6, 6.07) is 7.60. The Morgan fingerprint density at radius 3 is 2.16 bits per heavy atom. The largest absolute Gasteiger partial charge is 0.497 e. The topological polar surface area (TPSA) is 89.4 Å². The molecular weight excluding hydrogens is 406 g/mol.